The zero-order valence-corrected chi connectivity index (χ0v) is 11.7. The summed E-state index contributed by atoms with van der Waals surface area (Å²) in [6, 6.07) is 15.8. The topological polar surface area (TPSA) is 55.1 Å². The summed E-state index contributed by atoms with van der Waals surface area (Å²) >= 11 is 0. The number of benzene rings is 2. The van der Waals surface area contributed by atoms with Gasteiger partial charge in [0, 0.05) is 5.69 Å². The molecule has 3 nitrogen and oxygen atoms in total. The molecule has 20 heavy (non-hydrogen) atoms. The molecule has 3 N–H and O–H groups in total. The number of hydrogen-bond acceptors (Lipinski definition) is 2. The van der Waals surface area contributed by atoms with E-state index in [2.05, 4.69) is 5.32 Å². The fourth-order valence-corrected chi connectivity index (χ4v) is 2.64. The molecule has 0 fully saturated rings. The predicted octanol–water partition coefficient (Wildman–Crippen LogP) is 2.96. The fraction of sp³-hybridized carbons (Fsp3) is 0.235. The maximum atomic E-state index is 12.0. The molecule has 102 valence electrons. The van der Waals surface area contributed by atoms with E-state index in [4.69, 9.17) is 5.73 Å². The van der Waals surface area contributed by atoms with Crippen molar-refractivity contribution in [2.75, 3.05) is 5.32 Å². The smallest absolute Gasteiger partial charge is 0.234 e. The van der Waals surface area contributed by atoms with Gasteiger partial charge in [-0.25, -0.2) is 0 Å². The molecular formula is C17H18N2O. The minimum absolute atomic E-state index is 0.0398. The summed E-state index contributed by atoms with van der Waals surface area (Å²) in [5.74, 6) is 0.0398. The molecule has 1 aliphatic heterocycles. The second-order valence-electron chi connectivity index (χ2n) is 5.77. The Balaban J connectivity index is 2.02. The zero-order chi connectivity index (χ0) is 14.3. The Morgan fingerprint density at radius 3 is 2.45 bits per heavy atom. The lowest BCUT2D eigenvalue weighted by molar-refractivity contribution is -0.119. The number of anilines is 1. The number of nitrogens with one attached hydrogen (secondary N) is 1. The highest BCUT2D eigenvalue weighted by atomic mass is 16.2. The van der Waals surface area contributed by atoms with Crippen LogP contribution in [0.5, 0.6) is 0 Å². The monoisotopic (exact) mass is 266 g/mol. The predicted molar refractivity (Wildman–Crippen MR) is 80.6 cm³/mol. The minimum Gasteiger partial charge on any atom is -0.325 e. The molecule has 0 radical (unpaired) electrons. The molecule has 2 aromatic rings. The lowest BCUT2D eigenvalue weighted by atomic mass is 9.84. The third-order valence-electron chi connectivity index (χ3n) is 4.05. The summed E-state index contributed by atoms with van der Waals surface area (Å²) < 4.78 is 0. The van der Waals surface area contributed by atoms with Crippen molar-refractivity contribution in [3.05, 3.63) is 65.2 Å². The molecule has 0 saturated heterocycles. The highest BCUT2D eigenvalue weighted by Gasteiger charge is 2.38. The zero-order valence-electron chi connectivity index (χ0n) is 11.7. The number of amides is 1. The van der Waals surface area contributed by atoms with Gasteiger partial charge < -0.3 is 11.1 Å². The molecule has 2 aromatic carbocycles. The van der Waals surface area contributed by atoms with E-state index in [1.165, 1.54) is 0 Å². The van der Waals surface area contributed by atoms with Crippen molar-refractivity contribution in [2.45, 2.75) is 25.3 Å². The number of carbonyl (C=O) groups excluding carboxylic acids is 1. The highest BCUT2D eigenvalue weighted by Crippen LogP contribution is 2.38. The third-order valence-corrected chi connectivity index (χ3v) is 4.05. The lowest BCUT2D eigenvalue weighted by Gasteiger charge is -2.18. The van der Waals surface area contributed by atoms with Crippen LogP contribution in [-0.4, -0.2) is 5.91 Å². The van der Waals surface area contributed by atoms with Crippen molar-refractivity contribution >= 4 is 11.6 Å². The third kappa shape index (κ3) is 1.91. The van der Waals surface area contributed by atoms with E-state index in [9.17, 15) is 4.79 Å². The Bertz CT molecular complexity index is 662. The highest BCUT2D eigenvalue weighted by molar-refractivity contribution is 6.05. The average Bonchev–Trinajstić information content (AvgIpc) is 2.69. The van der Waals surface area contributed by atoms with Crippen LogP contribution in [0, 0.1) is 0 Å². The molecule has 0 aromatic heterocycles. The summed E-state index contributed by atoms with van der Waals surface area (Å²) in [6.07, 6.45) is 0. The van der Waals surface area contributed by atoms with Crippen LogP contribution in [0.3, 0.4) is 0 Å². The van der Waals surface area contributed by atoms with Gasteiger partial charge in [-0.2, -0.15) is 0 Å². The van der Waals surface area contributed by atoms with Gasteiger partial charge in [0.05, 0.1) is 11.5 Å². The molecule has 1 aliphatic rings. The molecular weight excluding hydrogens is 248 g/mol. The van der Waals surface area contributed by atoms with Crippen molar-refractivity contribution < 1.29 is 4.79 Å². The van der Waals surface area contributed by atoms with Crippen LogP contribution in [-0.2, 0) is 10.2 Å². The van der Waals surface area contributed by atoms with E-state index in [1.54, 1.807) is 0 Å². The van der Waals surface area contributed by atoms with Crippen molar-refractivity contribution in [1.29, 1.82) is 0 Å². The SMILES string of the molecule is CC1(C)C(=O)Nc2ccc(C(N)c3ccccc3)cc21. The number of hydrogen-bond donors (Lipinski definition) is 2. The van der Waals surface area contributed by atoms with Crippen molar-refractivity contribution in [2.24, 2.45) is 5.73 Å². The summed E-state index contributed by atoms with van der Waals surface area (Å²) in [5.41, 5.74) is 9.84. The number of fused-ring (bicyclic) bond motifs is 1. The van der Waals surface area contributed by atoms with Crippen LogP contribution in [0.4, 0.5) is 5.69 Å². The Labute approximate surface area is 118 Å². The van der Waals surface area contributed by atoms with Crippen LogP contribution in [0.1, 0.15) is 36.6 Å². The van der Waals surface area contributed by atoms with Crippen LogP contribution in [0.2, 0.25) is 0 Å². The maximum absolute atomic E-state index is 12.0. The Morgan fingerprint density at radius 2 is 1.75 bits per heavy atom. The molecule has 3 rings (SSSR count). The molecule has 0 saturated carbocycles. The first-order valence-electron chi connectivity index (χ1n) is 6.76. The van der Waals surface area contributed by atoms with Crippen molar-refractivity contribution in [3.8, 4) is 0 Å². The minimum atomic E-state index is -0.498. The van der Waals surface area contributed by atoms with E-state index < -0.39 is 5.41 Å². The second kappa shape index (κ2) is 4.46. The van der Waals surface area contributed by atoms with Gasteiger partial charge >= 0.3 is 0 Å². The average molecular weight is 266 g/mol. The first kappa shape index (κ1) is 12.9. The van der Waals surface area contributed by atoms with E-state index in [1.807, 2.05) is 62.4 Å². The molecule has 3 heteroatoms. The van der Waals surface area contributed by atoms with Gasteiger partial charge in [0.25, 0.3) is 0 Å². The Kier molecular flexibility index (Phi) is 2.87. The van der Waals surface area contributed by atoms with E-state index in [0.29, 0.717) is 0 Å². The molecule has 0 spiro atoms. The fourth-order valence-electron chi connectivity index (χ4n) is 2.64. The first-order valence-corrected chi connectivity index (χ1v) is 6.76. The lowest BCUT2D eigenvalue weighted by Crippen LogP contribution is -2.27. The number of carbonyl (C=O) groups is 1. The van der Waals surface area contributed by atoms with Gasteiger partial charge in [-0.05, 0) is 36.6 Å². The van der Waals surface area contributed by atoms with Gasteiger partial charge in [0.1, 0.15) is 0 Å². The largest absolute Gasteiger partial charge is 0.325 e. The van der Waals surface area contributed by atoms with E-state index in [0.717, 1.165) is 22.4 Å². The Morgan fingerprint density at radius 1 is 1.05 bits per heavy atom. The van der Waals surface area contributed by atoms with Gasteiger partial charge in [-0.1, -0.05) is 42.5 Å². The molecule has 0 bridgehead atoms. The van der Waals surface area contributed by atoms with Gasteiger partial charge in [0.15, 0.2) is 0 Å². The molecule has 1 unspecified atom stereocenters. The van der Waals surface area contributed by atoms with Crippen molar-refractivity contribution in [1.82, 2.24) is 0 Å². The summed E-state index contributed by atoms with van der Waals surface area (Å²) in [6.45, 7) is 3.87. The standard InChI is InChI=1S/C17H18N2O/c1-17(2)13-10-12(8-9-14(13)19-16(17)20)15(18)11-6-4-3-5-7-11/h3-10,15H,18H2,1-2H3,(H,19,20). The van der Waals surface area contributed by atoms with Crippen LogP contribution in [0.25, 0.3) is 0 Å². The van der Waals surface area contributed by atoms with Crippen LogP contribution in [0.15, 0.2) is 48.5 Å². The molecule has 0 aliphatic carbocycles. The van der Waals surface area contributed by atoms with E-state index in [-0.39, 0.29) is 11.9 Å². The first-order chi connectivity index (χ1) is 9.50. The van der Waals surface area contributed by atoms with Gasteiger partial charge in [0.2, 0.25) is 5.91 Å². The molecule has 1 heterocycles. The summed E-state index contributed by atoms with van der Waals surface area (Å²) in [7, 11) is 0. The molecule has 1 atom stereocenters. The van der Waals surface area contributed by atoms with Crippen LogP contribution < -0.4 is 11.1 Å². The number of nitrogens with two attached hydrogens (primary N) is 1. The van der Waals surface area contributed by atoms with Crippen LogP contribution >= 0.6 is 0 Å². The van der Waals surface area contributed by atoms with Gasteiger partial charge in [-0.3, -0.25) is 4.79 Å². The quantitative estimate of drug-likeness (QED) is 0.878. The Hall–Kier alpha value is -2.13. The summed E-state index contributed by atoms with van der Waals surface area (Å²) in [4.78, 5) is 12.0. The number of rotatable bonds is 2. The van der Waals surface area contributed by atoms with Crippen molar-refractivity contribution in [3.63, 3.8) is 0 Å². The van der Waals surface area contributed by atoms with E-state index >= 15 is 0 Å². The normalized spacial score (nSPS) is 17.4. The maximum Gasteiger partial charge on any atom is 0.234 e. The molecule has 1 amide bonds. The summed E-state index contributed by atoms with van der Waals surface area (Å²) in [5, 5.41) is 2.91. The second-order valence-corrected chi connectivity index (χ2v) is 5.77. The van der Waals surface area contributed by atoms with Gasteiger partial charge in [-0.15, -0.1) is 0 Å².